The molecule has 0 fully saturated rings. The number of hydrogen-bond acceptors (Lipinski definition) is 1. The maximum atomic E-state index is 6.36. The maximum absolute atomic E-state index is 6.36. The van der Waals surface area contributed by atoms with Crippen molar-refractivity contribution < 1.29 is 0 Å². The number of benzene rings is 2. The molecule has 1 aliphatic rings. The number of hydrogen-bond donors (Lipinski definition) is 1. The molecule has 104 valence electrons. The molecule has 0 aliphatic carbocycles. The van der Waals surface area contributed by atoms with Crippen LogP contribution in [0.4, 0.5) is 5.69 Å². The predicted octanol–water partition coefficient (Wildman–Crippen LogP) is 5.52. The molecule has 2 aromatic carbocycles. The van der Waals surface area contributed by atoms with Crippen molar-refractivity contribution in [2.45, 2.75) is 18.8 Å². The van der Waals surface area contributed by atoms with E-state index >= 15 is 0 Å². The third kappa shape index (κ3) is 2.66. The van der Waals surface area contributed by atoms with E-state index in [1.54, 1.807) is 0 Å². The number of rotatable bonds is 1. The summed E-state index contributed by atoms with van der Waals surface area (Å²) in [5.74, 6) is 0. The molecule has 2 aromatic rings. The van der Waals surface area contributed by atoms with Crippen LogP contribution < -0.4 is 5.32 Å². The van der Waals surface area contributed by atoms with Crippen molar-refractivity contribution in [1.82, 2.24) is 0 Å². The summed E-state index contributed by atoms with van der Waals surface area (Å²) in [5, 5.41) is 4.90. The molecule has 20 heavy (non-hydrogen) atoms. The first-order valence-corrected chi connectivity index (χ1v) is 8.29. The van der Waals surface area contributed by atoms with E-state index in [-0.39, 0.29) is 5.41 Å². The number of nitrogens with one attached hydrogen (secondary N) is 1. The lowest BCUT2D eigenvalue weighted by molar-refractivity contribution is 0.483. The fraction of sp³-hybridized carbons (Fsp3) is 0.250. The topological polar surface area (TPSA) is 12.0 Å². The third-order valence-corrected chi connectivity index (χ3v) is 5.21. The second kappa shape index (κ2) is 5.39. The van der Waals surface area contributed by atoms with Crippen molar-refractivity contribution in [2.75, 3.05) is 11.9 Å². The summed E-state index contributed by atoms with van der Waals surface area (Å²) in [6.07, 6.45) is 0.923. The molecule has 1 aliphatic heterocycles. The highest BCUT2D eigenvalue weighted by Gasteiger charge is 2.32. The van der Waals surface area contributed by atoms with Crippen LogP contribution in [0.15, 0.2) is 36.4 Å². The zero-order chi connectivity index (χ0) is 14.3. The molecule has 4 heteroatoms. The number of halogens is 3. The molecular weight excluding hydrogens is 404 g/mol. The lowest BCUT2D eigenvalue weighted by atomic mass is 9.75. The van der Waals surface area contributed by atoms with E-state index in [9.17, 15) is 0 Å². The molecule has 0 saturated carbocycles. The van der Waals surface area contributed by atoms with Crippen LogP contribution in [0.2, 0.25) is 10.0 Å². The van der Waals surface area contributed by atoms with Crippen LogP contribution in [0.25, 0.3) is 0 Å². The monoisotopic (exact) mass is 417 g/mol. The Morgan fingerprint density at radius 2 is 1.85 bits per heavy atom. The van der Waals surface area contributed by atoms with E-state index in [4.69, 9.17) is 23.2 Å². The van der Waals surface area contributed by atoms with Crippen molar-refractivity contribution in [3.05, 3.63) is 61.1 Å². The van der Waals surface area contributed by atoms with Gasteiger partial charge in [0.1, 0.15) is 0 Å². The molecule has 1 unspecified atom stereocenters. The highest BCUT2D eigenvalue weighted by molar-refractivity contribution is 14.1. The second-order valence-electron chi connectivity index (χ2n) is 5.51. The zero-order valence-electron chi connectivity index (χ0n) is 11.0. The molecule has 0 amide bonds. The Bertz CT molecular complexity index is 654. The Morgan fingerprint density at radius 1 is 1.15 bits per heavy atom. The molecule has 0 radical (unpaired) electrons. The van der Waals surface area contributed by atoms with Crippen LogP contribution >= 0.6 is 45.8 Å². The van der Waals surface area contributed by atoms with Crippen LogP contribution in [-0.2, 0) is 11.8 Å². The first-order chi connectivity index (χ1) is 9.48. The van der Waals surface area contributed by atoms with Crippen molar-refractivity contribution in [3.63, 3.8) is 0 Å². The smallest absolute Gasteiger partial charge is 0.0473 e. The van der Waals surface area contributed by atoms with Gasteiger partial charge in [-0.15, -0.1) is 0 Å². The summed E-state index contributed by atoms with van der Waals surface area (Å²) in [7, 11) is 0. The number of anilines is 1. The number of fused-ring (bicyclic) bond motifs is 1. The van der Waals surface area contributed by atoms with E-state index < -0.39 is 0 Å². The quantitative estimate of drug-likeness (QED) is 0.602. The molecule has 3 rings (SSSR count). The molecular formula is C16H14Cl2IN. The van der Waals surface area contributed by atoms with Gasteiger partial charge in [0.2, 0.25) is 0 Å². The highest BCUT2D eigenvalue weighted by Crippen LogP contribution is 2.40. The highest BCUT2D eigenvalue weighted by atomic mass is 127. The largest absolute Gasteiger partial charge is 0.384 e. The average molecular weight is 418 g/mol. The Kier molecular flexibility index (Phi) is 3.91. The van der Waals surface area contributed by atoms with Gasteiger partial charge in [0.15, 0.2) is 0 Å². The van der Waals surface area contributed by atoms with Crippen molar-refractivity contribution in [1.29, 1.82) is 0 Å². The Labute approximate surface area is 142 Å². The van der Waals surface area contributed by atoms with E-state index in [2.05, 4.69) is 59.1 Å². The summed E-state index contributed by atoms with van der Waals surface area (Å²) in [4.78, 5) is 0. The van der Waals surface area contributed by atoms with Crippen molar-refractivity contribution >= 4 is 51.5 Å². The van der Waals surface area contributed by atoms with Gasteiger partial charge in [-0.3, -0.25) is 0 Å². The Hall–Kier alpha value is -0.450. The van der Waals surface area contributed by atoms with Crippen LogP contribution in [0, 0.1) is 3.57 Å². The van der Waals surface area contributed by atoms with Gasteiger partial charge in [-0.1, -0.05) is 42.3 Å². The molecule has 0 aromatic heterocycles. The van der Waals surface area contributed by atoms with Gasteiger partial charge < -0.3 is 5.32 Å². The normalized spacial score (nSPS) is 21.2. The van der Waals surface area contributed by atoms with E-state index in [1.807, 2.05) is 12.1 Å². The molecule has 1 nitrogen and oxygen atoms in total. The minimum atomic E-state index is 0.0504. The molecule has 0 saturated heterocycles. The summed E-state index contributed by atoms with van der Waals surface area (Å²) in [5.41, 5.74) is 3.60. The van der Waals surface area contributed by atoms with Gasteiger partial charge >= 0.3 is 0 Å². The Morgan fingerprint density at radius 3 is 2.55 bits per heavy atom. The van der Waals surface area contributed by atoms with Crippen LogP contribution in [0.1, 0.15) is 18.1 Å². The first-order valence-electron chi connectivity index (χ1n) is 6.46. The summed E-state index contributed by atoms with van der Waals surface area (Å²) in [6, 6.07) is 12.5. The standard InChI is InChI=1S/C16H14Cl2IN/c1-16(10-2-4-12(19)5-3-10)8-13-14(18)6-11(17)7-15(13)20-9-16/h2-7,20H,8-9H2,1H3. The van der Waals surface area contributed by atoms with E-state index in [0.29, 0.717) is 5.02 Å². The SMILES string of the molecule is CC1(c2ccc(I)cc2)CNc2cc(Cl)cc(Cl)c2C1. The van der Waals surface area contributed by atoms with Gasteiger partial charge in [0.25, 0.3) is 0 Å². The molecule has 0 spiro atoms. The van der Waals surface area contributed by atoms with Gasteiger partial charge in [-0.2, -0.15) is 0 Å². The minimum absolute atomic E-state index is 0.0504. The maximum Gasteiger partial charge on any atom is 0.0473 e. The molecule has 0 bridgehead atoms. The Balaban J connectivity index is 2.00. The minimum Gasteiger partial charge on any atom is -0.384 e. The molecule has 1 heterocycles. The summed E-state index contributed by atoms with van der Waals surface area (Å²) < 4.78 is 1.25. The first kappa shape index (κ1) is 14.5. The average Bonchev–Trinajstić information content (AvgIpc) is 2.40. The van der Waals surface area contributed by atoms with Gasteiger partial charge in [0.05, 0.1) is 0 Å². The zero-order valence-corrected chi connectivity index (χ0v) is 14.7. The second-order valence-corrected chi connectivity index (χ2v) is 7.60. The van der Waals surface area contributed by atoms with Crippen LogP contribution in [0.3, 0.4) is 0 Å². The fourth-order valence-electron chi connectivity index (χ4n) is 2.74. The molecule has 1 N–H and O–H groups in total. The van der Waals surface area contributed by atoms with Gasteiger partial charge in [-0.05, 0) is 64.4 Å². The molecule has 1 atom stereocenters. The van der Waals surface area contributed by atoms with E-state index in [0.717, 1.165) is 29.2 Å². The van der Waals surface area contributed by atoms with Crippen molar-refractivity contribution in [3.8, 4) is 0 Å². The lowest BCUT2D eigenvalue weighted by Crippen LogP contribution is -2.37. The third-order valence-electron chi connectivity index (χ3n) is 3.94. The van der Waals surface area contributed by atoms with Crippen molar-refractivity contribution in [2.24, 2.45) is 0 Å². The summed E-state index contributed by atoms with van der Waals surface area (Å²) in [6.45, 7) is 3.16. The van der Waals surface area contributed by atoms with E-state index in [1.165, 1.54) is 9.13 Å². The van der Waals surface area contributed by atoms with Crippen LogP contribution in [0.5, 0.6) is 0 Å². The van der Waals surface area contributed by atoms with Gasteiger partial charge in [0, 0.05) is 31.3 Å². The fourth-order valence-corrected chi connectivity index (χ4v) is 3.66. The van der Waals surface area contributed by atoms with Crippen LogP contribution in [-0.4, -0.2) is 6.54 Å². The summed E-state index contributed by atoms with van der Waals surface area (Å²) >= 11 is 14.8. The predicted molar refractivity (Wildman–Crippen MR) is 95.2 cm³/mol. The lowest BCUT2D eigenvalue weighted by Gasteiger charge is -2.37. The van der Waals surface area contributed by atoms with Gasteiger partial charge in [-0.25, -0.2) is 0 Å².